The first-order valence-electron chi connectivity index (χ1n) is 5.71. The molecule has 0 saturated heterocycles. The molecule has 0 saturated carbocycles. The fraction of sp³-hybridized carbons (Fsp3) is 0.0769. The van der Waals surface area contributed by atoms with Gasteiger partial charge in [0.1, 0.15) is 12.4 Å². The number of aromatic carboxylic acids is 1. The quantitative estimate of drug-likeness (QED) is 0.670. The fourth-order valence-electron chi connectivity index (χ4n) is 1.61. The number of carboxylic acid groups (broad SMARTS) is 1. The number of hydrogen-bond donors (Lipinski definition) is 1. The zero-order valence-corrected chi connectivity index (χ0v) is 10.5. The van der Waals surface area contributed by atoms with E-state index in [2.05, 4.69) is 4.98 Å². The highest BCUT2D eigenvalue weighted by molar-refractivity contribution is 5.88. The van der Waals surface area contributed by atoms with Gasteiger partial charge in [0.05, 0.1) is 16.7 Å². The van der Waals surface area contributed by atoms with E-state index in [0.29, 0.717) is 5.56 Å². The van der Waals surface area contributed by atoms with Crippen molar-refractivity contribution in [1.29, 1.82) is 0 Å². The van der Waals surface area contributed by atoms with E-state index in [-0.39, 0.29) is 17.9 Å². The molecule has 0 bridgehead atoms. The SMILES string of the molecule is O=C(O)c1ccc(OCc2cncc(F)c2)c([N+](=O)[O-])c1. The molecule has 21 heavy (non-hydrogen) atoms. The summed E-state index contributed by atoms with van der Waals surface area (Å²) in [5, 5.41) is 19.7. The van der Waals surface area contributed by atoms with Gasteiger partial charge in [-0.15, -0.1) is 0 Å². The highest BCUT2D eigenvalue weighted by Gasteiger charge is 2.18. The van der Waals surface area contributed by atoms with Crippen LogP contribution in [0.2, 0.25) is 0 Å². The molecule has 1 aromatic heterocycles. The van der Waals surface area contributed by atoms with Crippen LogP contribution in [0.25, 0.3) is 0 Å². The molecule has 2 aromatic rings. The Morgan fingerprint density at radius 1 is 1.38 bits per heavy atom. The van der Waals surface area contributed by atoms with Crippen molar-refractivity contribution in [3.63, 3.8) is 0 Å². The lowest BCUT2D eigenvalue weighted by Crippen LogP contribution is -2.03. The molecule has 8 heteroatoms. The van der Waals surface area contributed by atoms with Crippen LogP contribution >= 0.6 is 0 Å². The molecule has 1 heterocycles. The van der Waals surface area contributed by atoms with E-state index in [1.807, 2.05) is 0 Å². The van der Waals surface area contributed by atoms with E-state index >= 15 is 0 Å². The van der Waals surface area contributed by atoms with Crippen LogP contribution < -0.4 is 4.74 Å². The van der Waals surface area contributed by atoms with Gasteiger partial charge in [0.2, 0.25) is 0 Å². The van der Waals surface area contributed by atoms with Gasteiger partial charge in [-0.05, 0) is 18.2 Å². The number of benzene rings is 1. The van der Waals surface area contributed by atoms with Gasteiger partial charge in [-0.3, -0.25) is 15.1 Å². The first-order valence-corrected chi connectivity index (χ1v) is 5.71. The number of halogens is 1. The molecule has 0 aliphatic rings. The summed E-state index contributed by atoms with van der Waals surface area (Å²) in [5.74, 6) is -1.93. The van der Waals surface area contributed by atoms with Crippen molar-refractivity contribution >= 4 is 11.7 Å². The summed E-state index contributed by atoms with van der Waals surface area (Å²) in [4.78, 5) is 24.6. The minimum Gasteiger partial charge on any atom is -0.482 e. The molecule has 0 amide bonds. The second-order valence-electron chi connectivity index (χ2n) is 4.04. The molecule has 0 radical (unpaired) electrons. The highest BCUT2D eigenvalue weighted by Crippen LogP contribution is 2.28. The van der Waals surface area contributed by atoms with E-state index in [4.69, 9.17) is 9.84 Å². The van der Waals surface area contributed by atoms with E-state index in [0.717, 1.165) is 12.3 Å². The predicted octanol–water partition coefficient (Wildman–Crippen LogP) is 2.41. The summed E-state index contributed by atoms with van der Waals surface area (Å²) in [5.41, 5.74) is -0.299. The standard InChI is InChI=1S/C13H9FN2O5/c14-10-3-8(5-15-6-10)7-21-12-2-1-9(13(17)18)4-11(12)16(19)20/h1-6H,7H2,(H,17,18). The Balaban J connectivity index is 2.23. The van der Waals surface area contributed by atoms with Crippen molar-refractivity contribution in [2.45, 2.75) is 6.61 Å². The smallest absolute Gasteiger partial charge is 0.335 e. The molecule has 1 aromatic carbocycles. The molecule has 108 valence electrons. The zero-order chi connectivity index (χ0) is 15.4. The van der Waals surface area contributed by atoms with Gasteiger partial charge in [-0.2, -0.15) is 0 Å². The van der Waals surface area contributed by atoms with Crippen LogP contribution in [0.1, 0.15) is 15.9 Å². The first-order chi connectivity index (χ1) is 9.97. The van der Waals surface area contributed by atoms with Crippen molar-refractivity contribution in [3.8, 4) is 5.75 Å². The lowest BCUT2D eigenvalue weighted by atomic mass is 10.2. The molecule has 0 unspecified atom stereocenters. The summed E-state index contributed by atoms with van der Waals surface area (Å²) in [6.45, 7) is -0.127. The number of nitro groups is 1. The Hall–Kier alpha value is -3.03. The fourth-order valence-corrected chi connectivity index (χ4v) is 1.61. The molecule has 2 rings (SSSR count). The minimum absolute atomic E-state index is 0.103. The topological polar surface area (TPSA) is 103 Å². The van der Waals surface area contributed by atoms with Gasteiger partial charge < -0.3 is 9.84 Å². The maximum Gasteiger partial charge on any atom is 0.335 e. The Morgan fingerprint density at radius 3 is 2.76 bits per heavy atom. The number of carbonyl (C=O) groups is 1. The first kappa shape index (κ1) is 14.4. The summed E-state index contributed by atoms with van der Waals surface area (Å²) in [6, 6.07) is 4.47. The van der Waals surface area contributed by atoms with Gasteiger partial charge in [-0.25, -0.2) is 9.18 Å². The minimum atomic E-state index is -1.28. The summed E-state index contributed by atoms with van der Waals surface area (Å²) in [7, 11) is 0. The van der Waals surface area contributed by atoms with Crippen molar-refractivity contribution in [2.75, 3.05) is 0 Å². The molecular formula is C13H9FN2O5. The van der Waals surface area contributed by atoms with Gasteiger partial charge >= 0.3 is 11.7 Å². The van der Waals surface area contributed by atoms with Crippen LogP contribution in [-0.2, 0) is 6.61 Å². The molecule has 0 aliphatic carbocycles. The summed E-state index contributed by atoms with van der Waals surface area (Å²) < 4.78 is 18.2. The Morgan fingerprint density at radius 2 is 2.14 bits per heavy atom. The summed E-state index contributed by atoms with van der Waals surface area (Å²) >= 11 is 0. The average Bonchev–Trinajstić information content (AvgIpc) is 2.44. The number of nitro benzene ring substituents is 1. The Kier molecular flexibility index (Phi) is 4.07. The lowest BCUT2D eigenvalue weighted by Gasteiger charge is -2.07. The normalized spacial score (nSPS) is 10.1. The number of pyridine rings is 1. The molecule has 7 nitrogen and oxygen atoms in total. The monoisotopic (exact) mass is 292 g/mol. The average molecular weight is 292 g/mol. The molecule has 0 spiro atoms. The number of hydrogen-bond acceptors (Lipinski definition) is 5. The summed E-state index contributed by atoms with van der Waals surface area (Å²) in [6.07, 6.45) is 2.38. The van der Waals surface area contributed by atoms with Crippen LogP contribution in [0.5, 0.6) is 5.75 Å². The van der Waals surface area contributed by atoms with Gasteiger partial charge in [0.25, 0.3) is 0 Å². The van der Waals surface area contributed by atoms with E-state index in [1.165, 1.54) is 24.4 Å². The van der Waals surface area contributed by atoms with Crippen LogP contribution in [0.15, 0.2) is 36.7 Å². The highest BCUT2D eigenvalue weighted by atomic mass is 19.1. The number of ether oxygens (including phenoxy) is 1. The molecular weight excluding hydrogens is 283 g/mol. The Labute approximate surface area is 117 Å². The lowest BCUT2D eigenvalue weighted by molar-refractivity contribution is -0.386. The van der Waals surface area contributed by atoms with Crippen molar-refractivity contribution in [2.24, 2.45) is 0 Å². The number of carboxylic acids is 1. The third-order valence-electron chi connectivity index (χ3n) is 2.56. The Bertz CT molecular complexity index is 705. The maximum atomic E-state index is 13.0. The van der Waals surface area contributed by atoms with Crippen LogP contribution in [0, 0.1) is 15.9 Å². The second-order valence-corrected chi connectivity index (χ2v) is 4.04. The molecule has 0 fully saturated rings. The van der Waals surface area contributed by atoms with Crippen molar-refractivity contribution < 1.29 is 24.0 Å². The van der Waals surface area contributed by atoms with Crippen molar-refractivity contribution in [3.05, 3.63) is 63.7 Å². The van der Waals surface area contributed by atoms with E-state index < -0.39 is 22.4 Å². The predicted molar refractivity (Wildman–Crippen MR) is 68.6 cm³/mol. The third kappa shape index (κ3) is 3.50. The molecule has 0 atom stereocenters. The van der Waals surface area contributed by atoms with Crippen LogP contribution in [0.4, 0.5) is 10.1 Å². The largest absolute Gasteiger partial charge is 0.482 e. The zero-order valence-electron chi connectivity index (χ0n) is 10.5. The van der Waals surface area contributed by atoms with Gasteiger partial charge in [-0.1, -0.05) is 0 Å². The van der Waals surface area contributed by atoms with Crippen LogP contribution in [0.3, 0.4) is 0 Å². The van der Waals surface area contributed by atoms with E-state index in [1.54, 1.807) is 0 Å². The van der Waals surface area contributed by atoms with Gasteiger partial charge in [0.15, 0.2) is 5.75 Å². The number of rotatable bonds is 5. The molecule has 0 aliphatic heterocycles. The third-order valence-corrected chi connectivity index (χ3v) is 2.56. The van der Waals surface area contributed by atoms with E-state index in [9.17, 15) is 19.3 Å². The van der Waals surface area contributed by atoms with Crippen molar-refractivity contribution in [1.82, 2.24) is 4.98 Å². The molecule has 1 N–H and O–H groups in total. The number of aromatic nitrogens is 1. The maximum absolute atomic E-state index is 13.0. The second kappa shape index (κ2) is 5.95. The van der Waals surface area contributed by atoms with Crippen LogP contribution in [-0.4, -0.2) is 21.0 Å². The number of nitrogens with zero attached hydrogens (tertiary/aromatic N) is 2. The van der Waals surface area contributed by atoms with Gasteiger partial charge in [0, 0.05) is 17.8 Å².